The lowest BCUT2D eigenvalue weighted by molar-refractivity contribution is -0.197. The van der Waals surface area contributed by atoms with Gasteiger partial charge in [0.25, 0.3) is 0 Å². The van der Waals surface area contributed by atoms with Gasteiger partial charge in [-0.2, -0.15) is 17.6 Å². The molecule has 4 nitrogen and oxygen atoms in total. The quantitative estimate of drug-likeness (QED) is 0.139. The van der Waals surface area contributed by atoms with Gasteiger partial charge in [-0.1, -0.05) is 6.42 Å². The third-order valence-corrected chi connectivity index (χ3v) is 7.78. The van der Waals surface area contributed by atoms with E-state index in [-0.39, 0.29) is 0 Å². The van der Waals surface area contributed by atoms with Gasteiger partial charge in [-0.25, -0.2) is 17.6 Å². The SMILES string of the molecule is Fc1c(F)c(OC[C@@H]2OC3(CCCCC3)O[C@H]2COc2c(F)c(F)c(I)c(F)c2F)c(F)c(F)c1I. The summed E-state index contributed by atoms with van der Waals surface area (Å²) in [5.74, 6) is -17.4. The number of hydrogen-bond donors (Lipinski definition) is 0. The van der Waals surface area contributed by atoms with Crippen molar-refractivity contribution in [3.8, 4) is 11.5 Å². The standard InChI is InChI=1S/C22H16F8I2O4/c23-10-14(27)20(15(28)11(24)18(10)31)33-6-8-9(36-22(35-8)4-2-1-3-5-22)7-34-21-16(29)12(25)19(32)13(26)17(21)30/h8-9H,1-7H2/t8-,9-/m0/s1. The second-order valence-electron chi connectivity index (χ2n) is 8.20. The molecule has 2 atom stereocenters. The molecule has 0 aromatic heterocycles. The molecule has 0 amide bonds. The van der Waals surface area contributed by atoms with Crippen molar-refractivity contribution in [2.45, 2.75) is 50.1 Å². The Hall–Kier alpha value is -1.14. The fourth-order valence-corrected chi connectivity index (χ4v) is 5.04. The Morgan fingerprint density at radius 2 is 0.917 bits per heavy atom. The molecular weight excluding hydrogens is 734 g/mol. The van der Waals surface area contributed by atoms with Crippen molar-refractivity contribution >= 4 is 45.2 Å². The minimum atomic E-state index is -1.76. The molecular formula is C22H16F8I2O4. The monoisotopic (exact) mass is 750 g/mol. The van der Waals surface area contributed by atoms with E-state index in [2.05, 4.69) is 0 Å². The fraction of sp³-hybridized carbons (Fsp3) is 0.455. The molecule has 1 aliphatic carbocycles. The average molecular weight is 750 g/mol. The first-order chi connectivity index (χ1) is 17.0. The predicted octanol–water partition coefficient (Wildman–Crippen LogP) is 6.91. The summed E-state index contributed by atoms with van der Waals surface area (Å²) in [7, 11) is 0. The topological polar surface area (TPSA) is 36.9 Å². The van der Waals surface area contributed by atoms with Crippen molar-refractivity contribution in [2.24, 2.45) is 0 Å². The Morgan fingerprint density at radius 3 is 1.25 bits per heavy atom. The first-order valence-corrected chi connectivity index (χ1v) is 12.8. The van der Waals surface area contributed by atoms with Crippen molar-refractivity contribution < 1.29 is 54.1 Å². The summed E-state index contributed by atoms with van der Waals surface area (Å²) < 4.78 is 133. The van der Waals surface area contributed by atoms with Crippen LogP contribution in [-0.4, -0.2) is 31.2 Å². The Labute approximate surface area is 226 Å². The lowest BCUT2D eigenvalue weighted by Crippen LogP contribution is -2.34. The lowest BCUT2D eigenvalue weighted by atomic mass is 9.94. The third-order valence-electron chi connectivity index (χ3n) is 5.89. The molecule has 36 heavy (non-hydrogen) atoms. The summed E-state index contributed by atoms with van der Waals surface area (Å²) >= 11 is 2.20. The highest BCUT2D eigenvalue weighted by Gasteiger charge is 2.49. The van der Waals surface area contributed by atoms with E-state index >= 15 is 0 Å². The van der Waals surface area contributed by atoms with Crippen LogP contribution in [0.15, 0.2) is 0 Å². The maximum atomic E-state index is 14.2. The van der Waals surface area contributed by atoms with Crippen LogP contribution in [-0.2, 0) is 9.47 Å². The van der Waals surface area contributed by atoms with Gasteiger partial charge >= 0.3 is 0 Å². The maximum absolute atomic E-state index is 14.2. The zero-order valence-electron chi connectivity index (χ0n) is 18.0. The molecule has 0 bridgehead atoms. The van der Waals surface area contributed by atoms with Crippen LogP contribution in [0.25, 0.3) is 0 Å². The van der Waals surface area contributed by atoms with Gasteiger partial charge < -0.3 is 18.9 Å². The van der Waals surface area contributed by atoms with E-state index in [4.69, 9.17) is 18.9 Å². The van der Waals surface area contributed by atoms with Crippen LogP contribution in [0.2, 0.25) is 0 Å². The Kier molecular flexibility index (Phi) is 8.46. The van der Waals surface area contributed by atoms with Crippen molar-refractivity contribution in [2.75, 3.05) is 13.2 Å². The van der Waals surface area contributed by atoms with Crippen LogP contribution in [0.3, 0.4) is 0 Å². The van der Waals surface area contributed by atoms with Gasteiger partial charge in [0.05, 0.1) is 7.14 Å². The first-order valence-electron chi connectivity index (χ1n) is 10.6. The summed E-state index contributed by atoms with van der Waals surface area (Å²) in [6.07, 6.45) is 0.736. The molecule has 2 aliphatic rings. The second-order valence-corrected chi connectivity index (χ2v) is 10.4. The molecule has 1 spiro atoms. The molecule has 2 aromatic rings. The van der Waals surface area contributed by atoms with Crippen LogP contribution >= 0.6 is 45.2 Å². The molecule has 1 saturated heterocycles. The Bertz CT molecular complexity index is 1030. The van der Waals surface area contributed by atoms with E-state index in [1.165, 1.54) is 0 Å². The van der Waals surface area contributed by atoms with Gasteiger partial charge in [0.1, 0.15) is 25.4 Å². The molecule has 1 aliphatic heterocycles. The van der Waals surface area contributed by atoms with Gasteiger partial charge in [0.2, 0.25) is 23.3 Å². The highest BCUT2D eigenvalue weighted by atomic mass is 127. The van der Waals surface area contributed by atoms with Gasteiger partial charge in [-0.15, -0.1) is 0 Å². The van der Waals surface area contributed by atoms with Crippen molar-refractivity contribution in [3.63, 3.8) is 0 Å². The van der Waals surface area contributed by atoms with Crippen LogP contribution < -0.4 is 9.47 Å². The average Bonchev–Trinajstić information content (AvgIpc) is 3.20. The summed E-state index contributed by atoms with van der Waals surface area (Å²) in [6.45, 7) is -1.38. The predicted molar refractivity (Wildman–Crippen MR) is 125 cm³/mol. The summed E-state index contributed by atoms with van der Waals surface area (Å²) in [6, 6.07) is 0. The molecule has 0 radical (unpaired) electrons. The summed E-state index contributed by atoms with van der Waals surface area (Å²) in [5, 5.41) is 0. The highest BCUT2D eigenvalue weighted by molar-refractivity contribution is 14.1. The van der Waals surface area contributed by atoms with E-state index < -0.39 is 96.4 Å². The number of ether oxygens (including phenoxy) is 4. The van der Waals surface area contributed by atoms with Gasteiger partial charge in [0.15, 0.2) is 40.6 Å². The number of hydrogen-bond acceptors (Lipinski definition) is 4. The number of rotatable bonds is 6. The molecule has 4 rings (SSSR count). The number of benzene rings is 2. The van der Waals surface area contributed by atoms with Crippen LogP contribution in [0.5, 0.6) is 11.5 Å². The Balaban J connectivity index is 1.57. The minimum Gasteiger partial charge on any atom is -0.485 e. The molecule has 2 fully saturated rings. The summed E-state index contributed by atoms with van der Waals surface area (Å²) in [5.41, 5.74) is 0. The lowest BCUT2D eigenvalue weighted by Gasteiger charge is -2.32. The van der Waals surface area contributed by atoms with E-state index in [0.717, 1.165) is 51.6 Å². The van der Waals surface area contributed by atoms with E-state index in [0.29, 0.717) is 25.7 Å². The van der Waals surface area contributed by atoms with Gasteiger partial charge in [-0.05, 0) is 58.0 Å². The van der Waals surface area contributed by atoms with Crippen molar-refractivity contribution in [1.82, 2.24) is 0 Å². The third kappa shape index (κ3) is 5.10. The van der Waals surface area contributed by atoms with Crippen molar-refractivity contribution in [1.29, 1.82) is 0 Å². The second kappa shape index (κ2) is 10.9. The van der Waals surface area contributed by atoms with Crippen molar-refractivity contribution in [3.05, 3.63) is 53.7 Å². The van der Waals surface area contributed by atoms with Gasteiger partial charge in [-0.3, -0.25) is 0 Å². The van der Waals surface area contributed by atoms with Crippen LogP contribution in [0.4, 0.5) is 35.1 Å². The zero-order valence-corrected chi connectivity index (χ0v) is 22.3. The molecule has 14 heteroatoms. The fourth-order valence-electron chi connectivity index (χ4n) is 4.09. The summed E-state index contributed by atoms with van der Waals surface area (Å²) in [4.78, 5) is 0. The van der Waals surface area contributed by atoms with Gasteiger partial charge in [0, 0.05) is 12.8 Å². The molecule has 2 aromatic carbocycles. The van der Waals surface area contributed by atoms with Crippen LogP contribution in [0.1, 0.15) is 32.1 Å². The normalized spacial score (nSPS) is 21.3. The Morgan fingerprint density at radius 1 is 0.583 bits per heavy atom. The molecule has 1 heterocycles. The largest absolute Gasteiger partial charge is 0.485 e. The zero-order chi connectivity index (χ0) is 26.4. The molecule has 0 N–H and O–H groups in total. The first kappa shape index (κ1) is 27.9. The van der Waals surface area contributed by atoms with E-state index in [1.54, 1.807) is 0 Å². The smallest absolute Gasteiger partial charge is 0.205 e. The maximum Gasteiger partial charge on any atom is 0.205 e. The molecule has 0 unspecified atom stereocenters. The van der Waals surface area contributed by atoms with E-state index in [1.807, 2.05) is 0 Å². The number of halogens is 10. The van der Waals surface area contributed by atoms with E-state index in [9.17, 15) is 35.1 Å². The molecule has 198 valence electrons. The molecule has 1 saturated carbocycles. The van der Waals surface area contributed by atoms with Crippen LogP contribution in [0, 0.1) is 53.7 Å². The highest BCUT2D eigenvalue weighted by Crippen LogP contribution is 2.42. The minimum absolute atomic E-state index is 0.408.